The quantitative estimate of drug-likeness (QED) is 0.544. The molecule has 2 unspecified atom stereocenters. The Kier molecular flexibility index (Phi) is 5.92. The molecule has 32 heavy (non-hydrogen) atoms. The highest BCUT2D eigenvalue weighted by atomic mass is 16.4. The van der Waals surface area contributed by atoms with Crippen LogP contribution in [-0.4, -0.2) is 39.7 Å². The Morgan fingerprint density at radius 2 is 2.03 bits per heavy atom. The number of nitrogens with one attached hydrogen (secondary N) is 2. The van der Waals surface area contributed by atoms with Crippen molar-refractivity contribution in [3.05, 3.63) is 88.3 Å². The number of pyridine rings is 1. The van der Waals surface area contributed by atoms with Crippen molar-refractivity contribution in [2.24, 2.45) is 0 Å². The SMILES string of the molecule is Cc1ccc(C#Cc2ccnc(C3C=C(C(=O)O)C=C(C4CC(C(=O)O)=CCN4)N3)c2)o1. The van der Waals surface area contributed by atoms with Gasteiger partial charge in [0.1, 0.15) is 5.76 Å². The van der Waals surface area contributed by atoms with E-state index in [1.165, 1.54) is 6.08 Å². The zero-order valence-corrected chi connectivity index (χ0v) is 17.3. The first-order chi connectivity index (χ1) is 15.4. The first kappa shape index (κ1) is 21.2. The van der Waals surface area contributed by atoms with Crippen molar-refractivity contribution >= 4 is 11.9 Å². The number of aryl methyl sites for hydroxylation is 1. The molecule has 0 amide bonds. The van der Waals surface area contributed by atoms with E-state index in [0.29, 0.717) is 34.8 Å². The lowest BCUT2D eigenvalue weighted by Gasteiger charge is -2.31. The summed E-state index contributed by atoms with van der Waals surface area (Å²) in [4.78, 5) is 27.5. The van der Waals surface area contributed by atoms with Crippen LogP contribution in [0.3, 0.4) is 0 Å². The number of rotatable bonds is 4. The van der Waals surface area contributed by atoms with Gasteiger partial charge in [-0.05, 0) is 49.3 Å². The zero-order chi connectivity index (χ0) is 22.7. The molecule has 0 spiro atoms. The lowest BCUT2D eigenvalue weighted by atomic mass is 9.94. The normalized spacial score (nSPS) is 20.1. The van der Waals surface area contributed by atoms with E-state index >= 15 is 0 Å². The Morgan fingerprint density at radius 3 is 2.75 bits per heavy atom. The van der Waals surface area contributed by atoms with Crippen LogP contribution >= 0.6 is 0 Å². The highest BCUT2D eigenvalue weighted by molar-refractivity contribution is 5.91. The maximum absolute atomic E-state index is 11.7. The monoisotopic (exact) mass is 431 g/mol. The number of aromatic nitrogens is 1. The minimum atomic E-state index is -1.07. The molecule has 4 heterocycles. The van der Waals surface area contributed by atoms with Crippen LogP contribution in [0.25, 0.3) is 0 Å². The zero-order valence-electron chi connectivity index (χ0n) is 17.3. The molecule has 8 heteroatoms. The molecule has 0 saturated heterocycles. The molecular weight excluding hydrogens is 410 g/mol. The molecule has 0 fully saturated rings. The van der Waals surface area contributed by atoms with Crippen molar-refractivity contribution in [3.63, 3.8) is 0 Å². The van der Waals surface area contributed by atoms with Crippen molar-refractivity contribution in [2.75, 3.05) is 6.54 Å². The number of hydrogen-bond donors (Lipinski definition) is 4. The van der Waals surface area contributed by atoms with E-state index < -0.39 is 18.0 Å². The maximum atomic E-state index is 11.7. The van der Waals surface area contributed by atoms with E-state index in [0.717, 1.165) is 5.76 Å². The van der Waals surface area contributed by atoms with Crippen LogP contribution in [0.15, 0.2) is 70.0 Å². The van der Waals surface area contributed by atoms with Crippen LogP contribution in [-0.2, 0) is 9.59 Å². The van der Waals surface area contributed by atoms with Crippen LogP contribution in [0.1, 0.15) is 35.2 Å². The fourth-order valence-electron chi connectivity index (χ4n) is 3.58. The molecule has 2 aliphatic heterocycles. The Bertz CT molecular complexity index is 1230. The summed E-state index contributed by atoms with van der Waals surface area (Å²) < 4.78 is 5.46. The molecule has 0 radical (unpaired) electrons. The van der Waals surface area contributed by atoms with Crippen molar-refractivity contribution < 1.29 is 24.2 Å². The molecule has 2 aromatic heterocycles. The second-order valence-corrected chi connectivity index (χ2v) is 7.48. The summed E-state index contributed by atoms with van der Waals surface area (Å²) in [7, 11) is 0. The number of carboxylic acid groups (broad SMARTS) is 2. The summed E-state index contributed by atoms with van der Waals surface area (Å²) in [5, 5.41) is 25.4. The molecule has 8 nitrogen and oxygen atoms in total. The van der Waals surface area contributed by atoms with Gasteiger partial charge in [0.15, 0.2) is 5.76 Å². The van der Waals surface area contributed by atoms with E-state index in [4.69, 9.17) is 4.42 Å². The number of furan rings is 1. The third-order valence-corrected chi connectivity index (χ3v) is 5.18. The predicted molar refractivity (Wildman–Crippen MR) is 115 cm³/mol. The number of hydrogen-bond acceptors (Lipinski definition) is 6. The third kappa shape index (κ3) is 4.79. The topological polar surface area (TPSA) is 125 Å². The lowest BCUT2D eigenvalue weighted by Crippen LogP contribution is -2.42. The minimum Gasteiger partial charge on any atom is -0.478 e. The van der Waals surface area contributed by atoms with Crippen molar-refractivity contribution in [2.45, 2.75) is 25.4 Å². The summed E-state index contributed by atoms with van der Waals surface area (Å²) >= 11 is 0. The van der Waals surface area contributed by atoms with Gasteiger partial charge in [-0.25, -0.2) is 9.59 Å². The van der Waals surface area contributed by atoms with Gasteiger partial charge >= 0.3 is 11.9 Å². The number of nitrogens with zero attached hydrogens (tertiary/aromatic N) is 1. The summed E-state index contributed by atoms with van der Waals surface area (Å²) in [6.45, 7) is 2.23. The van der Waals surface area contributed by atoms with Gasteiger partial charge in [-0.15, -0.1) is 0 Å². The van der Waals surface area contributed by atoms with Gasteiger partial charge in [-0.1, -0.05) is 12.0 Å². The Labute approximate surface area is 184 Å². The standard InChI is InChI=1S/C24H21N3O5/c1-14-2-4-18(32-14)5-3-15-6-8-25-19(10-15)21-12-17(24(30)31)13-22(27-21)20-11-16(23(28)29)7-9-26-20/h2,4,6-8,10,12-13,20-21,26-27H,9,11H2,1H3,(H,28,29)(H,30,31). The van der Waals surface area contributed by atoms with E-state index in [1.807, 2.05) is 13.0 Å². The molecule has 4 N–H and O–H groups in total. The van der Waals surface area contributed by atoms with Crippen LogP contribution in [0, 0.1) is 18.8 Å². The van der Waals surface area contributed by atoms with Crippen molar-refractivity contribution in [1.82, 2.24) is 15.6 Å². The Balaban J connectivity index is 1.59. The molecule has 2 aliphatic rings. The number of dihydropyridines is 1. The summed E-state index contributed by atoms with van der Waals surface area (Å²) in [5.41, 5.74) is 2.32. The second kappa shape index (κ2) is 8.96. The van der Waals surface area contributed by atoms with Gasteiger partial charge in [-0.3, -0.25) is 4.98 Å². The minimum absolute atomic E-state index is 0.112. The van der Waals surface area contributed by atoms with Gasteiger partial charge in [0.05, 0.1) is 23.4 Å². The molecular formula is C24H21N3O5. The fourth-order valence-corrected chi connectivity index (χ4v) is 3.58. The molecule has 4 rings (SSSR count). The van der Waals surface area contributed by atoms with Crippen LogP contribution in [0.5, 0.6) is 0 Å². The number of carbonyl (C=O) groups is 2. The average molecular weight is 431 g/mol. The average Bonchev–Trinajstić information content (AvgIpc) is 3.22. The van der Waals surface area contributed by atoms with Gasteiger partial charge in [-0.2, -0.15) is 0 Å². The summed E-state index contributed by atoms with van der Waals surface area (Å²) in [6, 6.07) is 6.33. The molecule has 0 bridgehead atoms. The van der Waals surface area contributed by atoms with Gasteiger partial charge in [0.2, 0.25) is 0 Å². The summed E-state index contributed by atoms with van der Waals surface area (Å²) in [6.07, 6.45) is 6.60. The predicted octanol–water partition coefficient (Wildman–Crippen LogP) is 2.29. The second-order valence-electron chi connectivity index (χ2n) is 7.48. The van der Waals surface area contributed by atoms with Crippen LogP contribution in [0.4, 0.5) is 0 Å². The number of aliphatic carboxylic acids is 2. The third-order valence-electron chi connectivity index (χ3n) is 5.18. The highest BCUT2D eigenvalue weighted by Crippen LogP contribution is 2.26. The highest BCUT2D eigenvalue weighted by Gasteiger charge is 2.28. The van der Waals surface area contributed by atoms with Crippen LogP contribution in [0.2, 0.25) is 0 Å². The van der Waals surface area contributed by atoms with Crippen molar-refractivity contribution in [1.29, 1.82) is 0 Å². The molecule has 2 atom stereocenters. The van der Waals surface area contributed by atoms with E-state index in [-0.39, 0.29) is 18.0 Å². The van der Waals surface area contributed by atoms with Gasteiger partial charge in [0, 0.05) is 36.0 Å². The van der Waals surface area contributed by atoms with Crippen molar-refractivity contribution in [3.8, 4) is 11.8 Å². The van der Waals surface area contributed by atoms with E-state index in [2.05, 4.69) is 27.5 Å². The smallest absolute Gasteiger partial charge is 0.335 e. The Hall–Kier alpha value is -4.09. The Morgan fingerprint density at radius 1 is 1.19 bits per heavy atom. The number of carboxylic acids is 2. The van der Waals surface area contributed by atoms with E-state index in [1.54, 1.807) is 36.5 Å². The first-order valence-corrected chi connectivity index (χ1v) is 10.0. The van der Waals surface area contributed by atoms with E-state index in [9.17, 15) is 19.8 Å². The summed E-state index contributed by atoms with van der Waals surface area (Å²) in [5.74, 6) is 5.28. The molecule has 0 aliphatic carbocycles. The molecule has 0 saturated carbocycles. The lowest BCUT2D eigenvalue weighted by molar-refractivity contribution is -0.133. The van der Waals surface area contributed by atoms with Gasteiger partial charge in [0.25, 0.3) is 0 Å². The maximum Gasteiger partial charge on any atom is 0.335 e. The molecule has 0 aromatic carbocycles. The van der Waals surface area contributed by atoms with Gasteiger partial charge < -0.3 is 25.3 Å². The molecule has 162 valence electrons. The molecule has 2 aromatic rings. The van der Waals surface area contributed by atoms with Crippen LogP contribution < -0.4 is 10.6 Å². The first-order valence-electron chi connectivity index (χ1n) is 10.0. The fraction of sp³-hybridized carbons (Fsp3) is 0.208. The largest absolute Gasteiger partial charge is 0.478 e.